The molecule has 1 aliphatic rings. The molecule has 1 fully saturated rings. The smallest absolute Gasteiger partial charge is 0.251 e. The average molecular weight is 495 g/mol. The van der Waals surface area contributed by atoms with Gasteiger partial charge in [0.15, 0.2) is 5.78 Å². The van der Waals surface area contributed by atoms with Crippen LogP contribution in [0, 0.1) is 25.7 Å². The summed E-state index contributed by atoms with van der Waals surface area (Å²) in [5.41, 5.74) is 5.13. The number of hydrogen-bond acceptors (Lipinski definition) is 4. The molecule has 0 aliphatic heterocycles. The fourth-order valence-electron chi connectivity index (χ4n) is 4.85. The van der Waals surface area contributed by atoms with Gasteiger partial charge < -0.3 is 15.4 Å². The number of carbonyl (C=O) groups excluding carboxylic acids is 3. The largest absolute Gasteiger partial charge is 0.496 e. The summed E-state index contributed by atoms with van der Waals surface area (Å²) in [4.78, 5) is 35.3. The van der Waals surface area contributed by atoms with E-state index in [9.17, 15) is 14.4 Å². The number of anilines is 1. The molecule has 2 aromatic rings. The summed E-state index contributed by atoms with van der Waals surface area (Å²) >= 11 is 0. The van der Waals surface area contributed by atoms with Crippen LogP contribution in [0.4, 0.5) is 5.69 Å². The minimum absolute atomic E-state index is 0.00528. The van der Waals surface area contributed by atoms with Gasteiger partial charge in [0, 0.05) is 35.8 Å². The number of benzene rings is 2. The Morgan fingerprint density at radius 3 is 2.17 bits per heavy atom. The standard InChI is InChI=1S/C17H25NO2.C13H17NO2/c1-4-13-6-8-14(9-7-13)17(19)18-15-10-5-12(2)16(11-15)20-3;1-5-11-8(2)6-10(13(16)14-4)7-12(11)9(3)15/h5,10-11,13-14H,4,6-9H2,1-3H3,(H,18,19);6-7H,5H2,1-4H3,(H,14,16). The van der Waals surface area contributed by atoms with E-state index in [2.05, 4.69) is 17.6 Å². The molecule has 2 amide bonds. The van der Waals surface area contributed by atoms with E-state index in [4.69, 9.17) is 4.74 Å². The Hall–Kier alpha value is -3.15. The molecule has 1 aliphatic carbocycles. The maximum absolute atomic E-state index is 12.3. The molecule has 0 spiro atoms. The maximum atomic E-state index is 12.3. The molecule has 2 N–H and O–H groups in total. The molecule has 6 nitrogen and oxygen atoms in total. The van der Waals surface area contributed by atoms with Crippen LogP contribution in [0.1, 0.15) is 90.3 Å². The molecule has 2 aromatic carbocycles. The number of amides is 2. The summed E-state index contributed by atoms with van der Waals surface area (Å²) in [7, 11) is 3.23. The van der Waals surface area contributed by atoms with Gasteiger partial charge in [-0.1, -0.05) is 26.3 Å². The number of carbonyl (C=O) groups is 3. The third-order valence-corrected chi connectivity index (χ3v) is 7.17. The molecule has 0 heterocycles. The van der Waals surface area contributed by atoms with Crippen molar-refractivity contribution in [1.29, 1.82) is 0 Å². The van der Waals surface area contributed by atoms with E-state index in [1.54, 1.807) is 20.2 Å². The quantitative estimate of drug-likeness (QED) is 0.444. The molecule has 0 aromatic heterocycles. The van der Waals surface area contributed by atoms with E-state index in [0.29, 0.717) is 11.1 Å². The molecule has 1 saturated carbocycles. The minimum Gasteiger partial charge on any atom is -0.496 e. The van der Waals surface area contributed by atoms with Gasteiger partial charge >= 0.3 is 0 Å². The Morgan fingerprint density at radius 2 is 1.64 bits per heavy atom. The van der Waals surface area contributed by atoms with Crippen molar-refractivity contribution in [3.05, 3.63) is 58.1 Å². The van der Waals surface area contributed by atoms with Crippen LogP contribution in [0.25, 0.3) is 0 Å². The first-order valence-electron chi connectivity index (χ1n) is 13.0. The summed E-state index contributed by atoms with van der Waals surface area (Å²) in [5, 5.41) is 5.59. The molecule has 0 unspecified atom stereocenters. The molecule has 0 atom stereocenters. The monoisotopic (exact) mass is 494 g/mol. The molecule has 36 heavy (non-hydrogen) atoms. The number of rotatable bonds is 7. The van der Waals surface area contributed by atoms with E-state index in [-0.39, 0.29) is 23.5 Å². The van der Waals surface area contributed by atoms with Gasteiger partial charge in [-0.3, -0.25) is 14.4 Å². The van der Waals surface area contributed by atoms with Crippen LogP contribution >= 0.6 is 0 Å². The fraction of sp³-hybridized carbons (Fsp3) is 0.500. The van der Waals surface area contributed by atoms with Gasteiger partial charge in [0.1, 0.15) is 5.75 Å². The molecule has 0 bridgehead atoms. The lowest BCUT2D eigenvalue weighted by Crippen LogP contribution is -2.27. The highest BCUT2D eigenvalue weighted by Gasteiger charge is 2.25. The number of nitrogens with one attached hydrogen (secondary N) is 2. The van der Waals surface area contributed by atoms with Crippen molar-refractivity contribution < 1.29 is 19.1 Å². The lowest BCUT2D eigenvalue weighted by molar-refractivity contribution is -0.121. The van der Waals surface area contributed by atoms with Gasteiger partial charge in [0.05, 0.1) is 7.11 Å². The highest BCUT2D eigenvalue weighted by atomic mass is 16.5. The Labute approximate surface area is 216 Å². The first kappa shape index (κ1) is 29.1. The van der Waals surface area contributed by atoms with Crippen molar-refractivity contribution in [3.63, 3.8) is 0 Å². The zero-order valence-corrected chi connectivity index (χ0v) is 22.9. The van der Waals surface area contributed by atoms with E-state index >= 15 is 0 Å². The number of Topliss-reactive ketones (excluding diaryl/α,β-unsaturated/α-hetero) is 1. The van der Waals surface area contributed by atoms with Crippen molar-refractivity contribution in [3.8, 4) is 5.75 Å². The molecule has 3 rings (SSSR count). The van der Waals surface area contributed by atoms with E-state index in [1.165, 1.54) is 26.2 Å². The van der Waals surface area contributed by atoms with Gasteiger partial charge in [0.25, 0.3) is 5.91 Å². The van der Waals surface area contributed by atoms with Crippen LogP contribution < -0.4 is 15.4 Å². The van der Waals surface area contributed by atoms with Crippen LogP contribution in [0.5, 0.6) is 5.75 Å². The fourth-order valence-corrected chi connectivity index (χ4v) is 4.85. The summed E-state index contributed by atoms with van der Waals surface area (Å²) in [6.45, 7) is 9.70. The third kappa shape index (κ3) is 7.67. The minimum atomic E-state index is -0.159. The highest BCUT2D eigenvalue weighted by Crippen LogP contribution is 2.31. The SMILES string of the molecule is CCC1CCC(C(=O)Nc2ccc(C)c(OC)c2)CC1.CCc1c(C)cc(C(=O)NC)cc1C(C)=O. The van der Waals surface area contributed by atoms with E-state index < -0.39 is 0 Å². The van der Waals surface area contributed by atoms with Crippen molar-refractivity contribution in [2.45, 2.75) is 73.1 Å². The zero-order chi connectivity index (χ0) is 26.8. The molecule has 0 radical (unpaired) electrons. The Kier molecular flexibility index (Phi) is 11.2. The van der Waals surface area contributed by atoms with Gasteiger partial charge in [0.2, 0.25) is 5.91 Å². The second kappa shape index (κ2) is 13.8. The number of methoxy groups -OCH3 is 1. The Morgan fingerprint density at radius 1 is 0.972 bits per heavy atom. The summed E-state index contributed by atoms with van der Waals surface area (Å²) in [6.07, 6.45) is 6.45. The highest BCUT2D eigenvalue weighted by molar-refractivity contribution is 6.01. The zero-order valence-electron chi connectivity index (χ0n) is 22.9. The second-order valence-electron chi connectivity index (χ2n) is 9.61. The lowest BCUT2D eigenvalue weighted by atomic mass is 9.80. The van der Waals surface area contributed by atoms with Gasteiger partial charge in [-0.05, 0) is 93.7 Å². The second-order valence-corrected chi connectivity index (χ2v) is 9.61. The van der Waals surface area contributed by atoms with E-state index in [0.717, 1.165) is 53.3 Å². The molecule has 0 saturated heterocycles. The van der Waals surface area contributed by atoms with Crippen molar-refractivity contribution in [1.82, 2.24) is 5.32 Å². The summed E-state index contributed by atoms with van der Waals surface area (Å²) < 4.78 is 5.29. The maximum Gasteiger partial charge on any atom is 0.251 e. The average Bonchev–Trinajstić information content (AvgIpc) is 2.89. The summed E-state index contributed by atoms with van der Waals surface area (Å²) in [5.74, 6) is 1.81. The topological polar surface area (TPSA) is 84.5 Å². The Bertz CT molecular complexity index is 1070. The summed E-state index contributed by atoms with van der Waals surface area (Å²) in [6, 6.07) is 9.30. The molecule has 6 heteroatoms. The van der Waals surface area contributed by atoms with Crippen LogP contribution in [-0.2, 0) is 11.2 Å². The van der Waals surface area contributed by atoms with Crippen molar-refractivity contribution in [2.24, 2.45) is 11.8 Å². The number of aryl methyl sites for hydroxylation is 2. The van der Waals surface area contributed by atoms with Crippen LogP contribution in [0.15, 0.2) is 30.3 Å². The molecular formula is C30H42N2O4. The molecule has 196 valence electrons. The van der Waals surface area contributed by atoms with Crippen LogP contribution in [-0.4, -0.2) is 31.8 Å². The van der Waals surface area contributed by atoms with E-state index in [1.807, 2.05) is 45.0 Å². The number of hydrogen-bond donors (Lipinski definition) is 2. The van der Waals surface area contributed by atoms with Gasteiger partial charge in [-0.2, -0.15) is 0 Å². The van der Waals surface area contributed by atoms with Gasteiger partial charge in [-0.15, -0.1) is 0 Å². The van der Waals surface area contributed by atoms with Crippen LogP contribution in [0.3, 0.4) is 0 Å². The van der Waals surface area contributed by atoms with Crippen LogP contribution in [0.2, 0.25) is 0 Å². The van der Waals surface area contributed by atoms with Gasteiger partial charge in [-0.25, -0.2) is 0 Å². The normalized spacial score (nSPS) is 16.9. The molecular weight excluding hydrogens is 452 g/mol. The third-order valence-electron chi connectivity index (χ3n) is 7.17. The number of ketones is 1. The number of ether oxygens (including phenoxy) is 1. The predicted octanol–water partition coefficient (Wildman–Crippen LogP) is 6.28. The first-order chi connectivity index (χ1) is 17.1. The first-order valence-corrected chi connectivity index (χ1v) is 13.0. The predicted molar refractivity (Wildman–Crippen MR) is 146 cm³/mol. The van der Waals surface area contributed by atoms with Crippen molar-refractivity contribution >= 4 is 23.3 Å². The van der Waals surface area contributed by atoms with Crippen molar-refractivity contribution in [2.75, 3.05) is 19.5 Å². The Balaban J connectivity index is 0.000000261. The lowest BCUT2D eigenvalue weighted by Gasteiger charge is -2.27.